The molecule has 18 heavy (non-hydrogen) atoms. The van der Waals surface area contributed by atoms with Gasteiger partial charge in [-0.3, -0.25) is 0 Å². The number of aromatic nitrogens is 3. The number of hydrogen-bond donors (Lipinski definition) is 0. The molecule has 0 atom stereocenters. The van der Waals surface area contributed by atoms with Gasteiger partial charge in [0.25, 0.3) is 0 Å². The molecule has 3 rings (SSSR count). The van der Waals surface area contributed by atoms with Crippen LogP contribution in [0, 0.1) is 5.82 Å². The molecule has 0 unspecified atom stereocenters. The highest BCUT2D eigenvalue weighted by Gasteiger charge is 2.12. The van der Waals surface area contributed by atoms with Crippen molar-refractivity contribution in [2.75, 3.05) is 0 Å². The quantitative estimate of drug-likeness (QED) is 0.692. The van der Waals surface area contributed by atoms with Crippen LogP contribution in [0.2, 0.25) is 0 Å². The lowest BCUT2D eigenvalue weighted by Gasteiger charge is -2.00. The summed E-state index contributed by atoms with van der Waals surface area (Å²) in [5.41, 5.74) is 2.88. The molecule has 0 aliphatic rings. The lowest BCUT2D eigenvalue weighted by Crippen LogP contribution is -1.86. The Kier molecular flexibility index (Phi) is 2.57. The van der Waals surface area contributed by atoms with Crippen molar-refractivity contribution < 1.29 is 8.91 Å². The molecule has 5 heteroatoms. The molecule has 0 aliphatic heterocycles. The van der Waals surface area contributed by atoms with Crippen molar-refractivity contribution in [3.05, 3.63) is 54.9 Å². The minimum Gasteiger partial charge on any atom is -0.363 e. The van der Waals surface area contributed by atoms with Gasteiger partial charge in [0.2, 0.25) is 0 Å². The van der Waals surface area contributed by atoms with Crippen LogP contribution in [-0.2, 0) is 0 Å². The predicted molar refractivity (Wildman–Crippen MR) is 62.9 cm³/mol. The molecule has 3 aromatic rings. The van der Waals surface area contributed by atoms with Crippen molar-refractivity contribution in [3.63, 3.8) is 0 Å². The second-order valence-corrected chi connectivity index (χ2v) is 3.68. The lowest BCUT2D eigenvalue weighted by molar-refractivity contribution is 0.422. The molecule has 2 aromatic heterocycles. The highest BCUT2D eigenvalue weighted by atomic mass is 19.1. The number of nitrogens with zero attached hydrogens (tertiary/aromatic N) is 3. The van der Waals surface area contributed by atoms with Crippen LogP contribution in [0.25, 0.3) is 22.5 Å². The molecule has 2 heterocycles. The van der Waals surface area contributed by atoms with Gasteiger partial charge in [0, 0.05) is 11.8 Å². The first kappa shape index (κ1) is 10.6. The molecular weight excluding hydrogens is 233 g/mol. The summed E-state index contributed by atoms with van der Waals surface area (Å²) in [6.07, 6.45) is 4.61. The highest BCUT2D eigenvalue weighted by molar-refractivity contribution is 5.77. The van der Waals surface area contributed by atoms with Gasteiger partial charge in [0.15, 0.2) is 0 Å². The zero-order valence-corrected chi connectivity index (χ0v) is 9.25. The normalized spacial score (nSPS) is 10.5. The van der Waals surface area contributed by atoms with Crippen LogP contribution < -0.4 is 0 Å². The van der Waals surface area contributed by atoms with E-state index >= 15 is 0 Å². The van der Waals surface area contributed by atoms with Crippen molar-refractivity contribution in [2.24, 2.45) is 0 Å². The minimum absolute atomic E-state index is 0.286. The van der Waals surface area contributed by atoms with E-state index in [9.17, 15) is 4.39 Å². The van der Waals surface area contributed by atoms with Crippen molar-refractivity contribution in [3.8, 4) is 22.5 Å². The molecule has 0 spiro atoms. The van der Waals surface area contributed by atoms with E-state index in [0.29, 0.717) is 11.4 Å². The number of halogens is 1. The van der Waals surface area contributed by atoms with Crippen molar-refractivity contribution in [1.82, 2.24) is 15.1 Å². The number of benzene rings is 1. The maximum atomic E-state index is 12.9. The van der Waals surface area contributed by atoms with Gasteiger partial charge >= 0.3 is 0 Å². The molecule has 0 amide bonds. The van der Waals surface area contributed by atoms with Crippen molar-refractivity contribution >= 4 is 0 Å². The summed E-state index contributed by atoms with van der Waals surface area (Å²) < 4.78 is 17.9. The first-order valence-electron chi connectivity index (χ1n) is 5.31. The van der Waals surface area contributed by atoms with E-state index in [1.165, 1.54) is 24.7 Å². The zero-order valence-electron chi connectivity index (χ0n) is 9.25. The van der Waals surface area contributed by atoms with Gasteiger partial charge in [-0.15, -0.1) is 0 Å². The summed E-state index contributed by atoms with van der Waals surface area (Å²) in [5.74, 6) is -0.286. The van der Waals surface area contributed by atoms with Crippen LogP contribution >= 0.6 is 0 Å². The second kappa shape index (κ2) is 4.37. The predicted octanol–water partition coefficient (Wildman–Crippen LogP) is 2.94. The van der Waals surface area contributed by atoms with E-state index in [4.69, 9.17) is 4.52 Å². The van der Waals surface area contributed by atoms with E-state index in [1.54, 1.807) is 24.4 Å². The molecule has 0 saturated carbocycles. The van der Waals surface area contributed by atoms with E-state index < -0.39 is 0 Å². The Morgan fingerprint density at radius 1 is 1.06 bits per heavy atom. The van der Waals surface area contributed by atoms with Crippen LogP contribution in [0.4, 0.5) is 4.39 Å². The molecule has 88 valence electrons. The molecule has 0 saturated heterocycles. The van der Waals surface area contributed by atoms with Gasteiger partial charge in [0.05, 0.1) is 11.3 Å². The van der Waals surface area contributed by atoms with E-state index in [-0.39, 0.29) is 5.82 Å². The van der Waals surface area contributed by atoms with Crippen molar-refractivity contribution in [1.29, 1.82) is 0 Å². The fourth-order valence-electron chi connectivity index (χ4n) is 1.68. The van der Waals surface area contributed by atoms with Crippen LogP contribution in [0.3, 0.4) is 0 Å². The van der Waals surface area contributed by atoms with E-state index in [2.05, 4.69) is 15.1 Å². The Hall–Kier alpha value is -2.56. The third kappa shape index (κ3) is 1.86. The largest absolute Gasteiger partial charge is 0.363 e. The van der Waals surface area contributed by atoms with Gasteiger partial charge in [-0.05, 0) is 30.3 Å². The van der Waals surface area contributed by atoms with Crippen LogP contribution in [-0.4, -0.2) is 15.1 Å². The Labute approximate surface area is 102 Å². The summed E-state index contributed by atoms with van der Waals surface area (Å²) >= 11 is 0. The number of rotatable bonds is 2. The molecule has 0 fully saturated rings. The SMILES string of the molecule is Fc1ccc(-c2nocc2-c2ccncn2)cc1. The molecule has 0 N–H and O–H groups in total. The van der Waals surface area contributed by atoms with Gasteiger partial charge in [-0.1, -0.05) is 5.16 Å². The Morgan fingerprint density at radius 3 is 2.61 bits per heavy atom. The van der Waals surface area contributed by atoms with Gasteiger partial charge in [0.1, 0.15) is 24.1 Å². The first-order chi connectivity index (χ1) is 8.84. The average Bonchev–Trinajstić information content (AvgIpc) is 2.90. The number of hydrogen-bond acceptors (Lipinski definition) is 4. The molecule has 1 aromatic carbocycles. The summed E-state index contributed by atoms with van der Waals surface area (Å²) in [4.78, 5) is 8.00. The van der Waals surface area contributed by atoms with Crippen LogP contribution in [0.1, 0.15) is 0 Å². The van der Waals surface area contributed by atoms with E-state index in [0.717, 1.165) is 11.1 Å². The van der Waals surface area contributed by atoms with Gasteiger partial charge in [-0.2, -0.15) is 0 Å². The highest BCUT2D eigenvalue weighted by Crippen LogP contribution is 2.29. The maximum absolute atomic E-state index is 12.9. The Bertz CT molecular complexity index is 650. The monoisotopic (exact) mass is 241 g/mol. The zero-order chi connectivity index (χ0) is 12.4. The smallest absolute Gasteiger partial charge is 0.133 e. The topological polar surface area (TPSA) is 51.8 Å². The molecule has 0 radical (unpaired) electrons. The van der Waals surface area contributed by atoms with Crippen molar-refractivity contribution in [2.45, 2.75) is 0 Å². The van der Waals surface area contributed by atoms with Gasteiger partial charge < -0.3 is 4.52 Å². The maximum Gasteiger partial charge on any atom is 0.133 e. The summed E-state index contributed by atoms with van der Waals surface area (Å²) in [6.45, 7) is 0. The molecule has 0 bridgehead atoms. The second-order valence-electron chi connectivity index (χ2n) is 3.68. The standard InChI is InChI=1S/C13H8FN3O/c14-10-3-1-9(2-4-10)13-11(7-18-17-13)12-5-6-15-8-16-12/h1-8H. The summed E-state index contributed by atoms with van der Waals surface area (Å²) in [7, 11) is 0. The summed E-state index contributed by atoms with van der Waals surface area (Å²) in [5, 5.41) is 3.93. The van der Waals surface area contributed by atoms with Gasteiger partial charge in [-0.25, -0.2) is 14.4 Å². The fourth-order valence-corrected chi connectivity index (χ4v) is 1.68. The van der Waals surface area contributed by atoms with E-state index in [1.807, 2.05) is 0 Å². The molecule has 0 aliphatic carbocycles. The van der Waals surface area contributed by atoms with Crippen LogP contribution in [0.5, 0.6) is 0 Å². The third-order valence-corrected chi connectivity index (χ3v) is 2.55. The van der Waals surface area contributed by atoms with Crippen LogP contribution in [0.15, 0.2) is 53.6 Å². The first-order valence-corrected chi connectivity index (χ1v) is 5.31. The molecular formula is C13H8FN3O. The summed E-state index contributed by atoms with van der Waals surface area (Å²) in [6, 6.07) is 7.83. The average molecular weight is 241 g/mol. The third-order valence-electron chi connectivity index (χ3n) is 2.55. The Balaban J connectivity index is 2.10. The fraction of sp³-hybridized carbons (Fsp3) is 0. The minimum atomic E-state index is -0.286. The lowest BCUT2D eigenvalue weighted by atomic mass is 10.1. The Morgan fingerprint density at radius 2 is 1.89 bits per heavy atom. The molecule has 4 nitrogen and oxygen atoms in total.